The summed E-state index contributed by atoms with van der Waals surface area (Å²) in [6, 6.07) is 9.14. The molecule has 1 heterocycles. The second kappa shape index (κ2) is 8.92. The van der Waals surface area contributed by atoms with Gasteiger partial charge in [0.05, 0.1) is 10.5 Å². The van der Waals surface area contributed by atoms with Crippen LogP contribution in [0, 0.1) is 10.1 Å². The second-order valence-electron chi connectivity index (χ2n) is 6.31. The third kappa shape index (κ3) is 5.23. The van der Waals surface area contributed by atoms with Gasteiger partial charge in [-0.2, -0.15) is 0 Å². The van der Waals surface area contributed by atoms with Crippen LogP contribution in [-0.2, 0) is 19.1 Å². The zero-order valence-electron chi connectivity index (χ0n) is 16.2. The van der Waals surface area contributed by atoms with Gasteiger partial charge in [-0.05, 0) is 24.3 Å². The molecule has 158 valence electrons. The number of cyclic esters (lactones) is 1. The van der Waals surface area contributed by atoms with Gasteiger partial charge in [-0.15, -0.1) is 0 Å². The average molecular weight is 488 g/mol. The number of nitrogens with zero attached hydrogens (tertiary/aromatic N) is 1. The number of hydrogen-bond acceptors (Lipinski definition) is 8. The summed E-state index contributed by atoms with van der Waals surface area (Å²) in [4.78, 5) is 45.8. The zero-order chi connectivity index (χ0) is 22.7. The van der Waals surface area contributed by atoms with Crippen LogP contribution in [-0.4, -0.2) is 22.8 Å². The summed E-state index contributed by atoms with van der Waals surface area (Å²) >= 11 is 3.32. The Kier molecular flexibility index (Phi) is 6.30. The summed E-state index contributed by atoms with van der Waals surface area (Å²) in [5.41, 5.74) is 0.247. The molecule has 10 heteroatoms. The van der Waals surface area contributed by atoms with Crippen LogP contribution in [0.2, 0.25) is 0 Å². The number of hydrogen-bond donors (Lipinski definition) is 0. The number of nitro benzene ring substituents is 1. The number of carbonyl (C=O) groups excluding carboxylic acids is 3. The van der Waals surface area contributed by atoms with E-state index in [9.17, 15) is 24.5 Å². The van der Waals surface area contributed by atoms with Crippen LogP contribution in [0.15, 0.2) is 52.5 Å². The van der Waals surface area contributed by atoms with Gasteiger partial charge < -0.3 is 14.2 Å². The van der Waals surface area contributed by atoms with E-state index < -0.39 is 34.3 Å². The molecule has 0 fully saturated rings. The lowest BCUT2D eigenvalue weighted by molar-refractivity contribution is -0.385. The summed E-state index contributed by atoms with van der Waals surface area (Å²) in [6.07, 6.45) is 2.76. The molecule has 1 aliphatic heterocycles. The van der Waals surface area contributed by atoms with E-state index in [1.54, 1.807) is 24.3 Å². The van der Waals surface area contributed by atoms with Gasteiger partial charge in [0.15, 0.2) is 0 Å². The molecule has 0 amide bonds. The first-order valence-corrected chi connectivity index (χ1v) is 9.54. The fourth-order valence-corrected chi connectivity index (χ4v) is 2.98. The number of benzene rings is 2. The maximum Gasteiger partial charge on any atom is 0.343 e. The third-order valence-electron chi connectivity index (χ3n) is 3.96. The lowest BCUT2D eigenvalue weighted by atomic mass is 10.1. The van der Waals surface area contributed by atoms with E-state index in [0.717, 1.165) is 30.5 Å². The Labute approximate surface area is 184 Å². The molecule has 0 spiro atoms. The highest BCUT2D eigenvalue weighted by Gasteiger charge is 2.26. The summed E-state index contributed by atoms with van der Waals surface area (Å²) in [7, 11) is 0. The second-order valence-corrected chi connectivity index (χ2v) is 7.22. The van der Waals surface area contributed by atoms with Crippen LogP contribution in [0.4, 0.5) is 5.69 Å². The van der Waals surface area contributed by atoms with Crippen LogP contribution in [0.3, 0.4) is 0 Å². The van der Waals surface area contributed by atoms with Gasteiger partial charge in [0, 0.05) is 41.6 Å². The maximum absolute atomic E-state index is 12.3. The van der Waals surface area contributed by atoms with Crippen LogP contribution in [0.25, 0.3) is 11.8 Å². The lowest BCUT2D eigenvalue weighted by Crippen LogP contribution is -2.08. The Morgan fingerprint density at radius 2 is 1.68 bits per heavy atom. The molecular formula is C21H14BrNO8. The molecule has 0 saturated carbocycles. The van der Waals surface area contributed by atoms with Crippen molar-refractivity contribution in [1.29, 1.82) is 0 Å². The lowest BCUT2D eigenvalue weighted by Gasteiger charge is -2.09. The van der Waals surface area contributed by atoms with E-state index in [0.29, 0.717) is 11.3 Å². The van der Waals surface area contributed by atoms with E-state index in [4.69, 9.17) is 14.2 Å². The number of rotatable bonds is 5. The normalized spacial score (nSPS) is 14.1. The van der Waals surface area contributed by atoms with E-state index >= 15 is 0 Å². The summed E-state index contributed by atoms with van der Waals surface area (Å²) < 4.78 is 16.1. The molecule has 0 N–H and O–H groups in total. The quantitative estimate of drug-likeness (QED) is 0.202. The first kappa shape index (κ1) is 21.9. The third-order valence-corrected chi connectivity index (χ3v) is 4.49. The molecule has 1 aliphatic rings. The zero-order valence-corrected chi connectivity index (χ0v) is 17.8. The molecule has 31 heavy (non-hydrogen) atoms. The summed E-state index contributed by atoms with van der Waals surface area (Å²) in [5.74, 6) is -2.40. The van der Waals surface area contributed by atoms with Gasteiger partial charge in [0.2, 0.25) is 5.75 Å². The standard InChI is InChI=1S/C21H14BrNO8/c1-11(24)29-19-10-20(30-12(2)25)17(23(27)28)8-14(19)7-15-9-18(31-21(15)26)13-3-5-16(22)6-4-13/h3-10H,1-2H3/b15-7+. The molecule has 3 rings (SSSR count). The topological polar surface area (TPSA) is 122 Å². The van der Waals surface area contributed by atoms with Gasteiger partial charge in [-0.25, -0.2) is 4.79 Å². The van der Waals surface area contributed by atoms with Crippen LogP contribution < -0.4 is 9.47 Å². The van der Waals surface area contributed by atoms with Gasteiger partial charge in [-0.1, -0.05) is 28.1 Å². The fourth-order valence-electron chi connectivity index (χ4n) is 2.71. The number of nitro groups is 1. The molecular weight excluding hydrogens is 474 g/mol. The van der Waals surface area contributed by atoms with Crippen molar-refractivity contribution in [2.75, 3.05) is 0 Å². The highest BCUT2D eigenvalue weighted by atomic mass is 79.9. The van der Waals surface area contributed by atoms with E-state index in [1.165, 1.54) is 12.2 Å². The Bertz CT molecular complexity index is 1160. The molecule has 2 aromatic carbocycles. The van der Waals surface area contributed by atoms with Crippen molar-refractivity contribution in [2.24, 2.45) is 0 Å². The summed E-state index contributed by atoms with van der Waals surface area (Å²) in [5, 5.41) is 11.4. The minimum absolute atomic E-state index is 0.0538. The predicted octanol–water partition coefficient (Wildman–Crippen LogP) is 4.19. The molecule has 9 nitrogen and oxygen atoms in total. The van der Waals surface area contributed by atoms with Crippen molar-refractivity contribution in [2.45, 2.75) is 13.8 Å². The molecule has 0 atom stereocenters. The smallest absolute Gasteiger partial charge is 0.343 e. The van der Waals surface area contributed by atoms with E-state index in [1.807, 2.05) is 0 Å². The molecule has 0 unspecified atom stereocenters. The molecule has 2 aromatic rings. The van der Waals surface area contributed by atoms with Crippen molar-refractivity contribution in [3.63, 3.8) is 0 Å². The van der Waals surface area contributed by atoms with Crippen LogP contribution >= 0.6 is 15.9 Å². The Hall–Kier alpha value is -3.79. The van der Waals surface area contributed by atoms with Crippen molar-refractivity contribution in [1.82, 2.24) is 0 Å². The van der Waals surface area contributed by atoms with Crippen molar-refractivity contribution >= 4 is 51.4 Å². The van der Waals surface area contributed by atoms with Crippen LogP contribution in [0.5, 0.6) is 11.5 Å². The van der Waals surface area contributed by atoms with Gasteiger partial charge in [-0.3, -0.25) is 19.7 Å². The largest absolute Gasteiger partial charge is 0.426 e. The van der Waals surface area contributed by atoms with Crippen LogP contribution in [0.1, 0.15) is 25.0 Å². The van der Waals surface area contributed by atoms with Crippen molar-refractivity contribution in [3.8, 4) is 11.5 Å². The first-order chi connectivity index (χ1) is 14.6. The van der Waals surface area contributed by atoms with E-state index in [-0.39, 0.29) is 16.9 Å². The highest BCUT2D eigenvalue weighted by Crippen LogP contribution is 2.37. The Morgan fingerprint density at radius 1 is 1.06 bits per heavy atom. The highest BCUT2D eigenvalue weighted by molar-refractivity contribution is 9.10. The van der Waals surface area contributed by atoms with Gasteiger partial charge >= 0.3 is 23.6 Å². The first-order valence-electron chi connectivity index (χ1n) is 8.75. The van der Waals surface area contributed by atoms with E-state index in [2.05, 4.69) is 15.9 Å². The predicted molar refractivity (Wildman–Crippen MR) is 112 cm³/mol. The monoisotopic (exact) mass is 487 g/mol. The number of esters is 3. The summed E-state index contributed by atoms with van der Waals surface area (Å²) in [6.45, 7) is 2.22. The molecule has 0 bridgehead atoms. The van der Waals surface area contributed by atoms with Gasteiger partial charge in [0.1, 0.15) is 11.5 Å². The Morgan fingerprint density at radius 3 is 2.26 bits per heavy atom. The SMILES string of the molecule is CC(=O)Oc1cc(OC(C)=O)c([N+](=O)[O-])cc1/C=C1\C=C(c2ccc(Br)cc2)OC1=O. The molecule has 0 radical (unpaired) electrons. The van der Waals surface area contributed by atoms with Crippen molar-refractivity contribution < 1.29 is 33.5 Å². The molecule has 0 saturated heterocycles. The molecule has 0 aliphatic carbocycles. The fraction of sp³-hybridized carbons (Fsp3) is 0.0952. The number of carbonyl (C=O) groups is 3. The minimum atomic E-state index is -0.788. The number of ether oxygens (including phenoxy) is 3. The molecule has 0 aromatic heterocycles. The Balaban J connectivity index is 2.10. The average Bonchev–Trinajstić information content (AvgIpc) is 3.03. The maximum atomic E-state index is 12.3. The number of halogens is 1. The van der Waals surface area contributed by atoms with Crippen molar-refractivity contribution in [3.05, 3.63) is 73.8 Å². The van der Waals surface area contributed by atoms with Gasteiger partial charge in [0.25, 0.3) is 0 Å². The minimum Gasteiger partial charge on any atom is -0.426 e.